The number of nitrogens with one attached hydrogen (secondary N) is 1. The molecule has 2 aromatic rings. The Hall–Kier alpha value is -2.29. The van der Waals surface area contributed by atoms with Crippen LogP contribution in [0.2, 0.25) is 5.02 Å². The normalized spacial score (nSPS) is 16.8. The van der Waals surface area contributed by atoms with Crippen molar-refractivity contribution in [1.82, 2.24) is 9.62 Å². The average Bonchev–Trinajstić information content (AvgIpc) is 3.19. The van der Waals surface area contributed by atoms with Gasteiger partial charge in [-0.05, 0) is 48.7 Å². The number of benzene rings is 2. The number of amides is 1. The molecule has 0 bridgehead atoms. The zero-order valence-electron chi connectivity index (χ0n) is 16.4. The second kappa shape index (κ2) is 8.83. The number of nitrogens with zero attached hydrogens (tertiary/aromatic N) is 1. The molecule has 1 fully saturated rings. The number of hydrogen-bond donors (Lipinski definition) is 1. The number of carbonyl (C=O) groups excluding carboxylic acids is 1. The molecule has 1 amide bonds. The van der Waals surface area contributed by atoms with Crippen LogP contribution >= 0.6 is 11.6 Å². The Labute approximate surface area is 181 Å². The fraction of sp³-hybridized carbons (Fsp3) is 0.381. The zero-order valence-corrected chi connectivity index (χ0v) is 18.0. The molecule has 0 aromatic heterocycles. The van der Waals surface area contributed by atoms with Crippen molar-refractivity contribution in [2.24, 2.45) is 0 Å². The molecule has 2 heterocycles. The predicted molar refractivity (Wildman–Crippen MR) is 113 cm³/mol. The molecule has 2 aliphatic rings. The summed E-state index contributed by atoms with van der Waals surface area (Å²) in [6.45, 7) is 2.34. The molecular formula is C21H23ClN2O5S. The fourth-order valence-corrected chi connectivity index (χ4v) is 5.40. The van der Waals surface area contributed by atoms with Crippen molar-refractivity contribution in [2.75, 3.05) is 26.3 Å². The van der Waals surface area contributed by atoms with E-state index in [0.29, 0.717) is 42.8 Å². The topological polar surface area (TPSA) is 84.9 Å². The van der Waals surface area contributed by atoms with Gasteiger partial charge in [-0.2, -0.15) is 4.31 Å². The minimum absolute atomic E-state index is 0.135. The Morgan fingerprint density at radius 1 is 1.07 bits per heavy atom. The lowest BCUT2D eigenvalue weighted by Gasteiger charge is -2.16. The van der Waals surface area contributed by atoms with Crippen LogP contribution in [0.4, 0.5) is 0 Å². The van der Waals surface area contributed by atoms with Crippen molar-refractivity contribution < 1.29 is 22.7 Å². The summed E-state index contributed by atoms with van der Waals surface area (Å²) in [6, 6.07) is 9.64. The van der Waals surface area contributed by atoms with Gasteiger partial charge < -0.3 is 14.8 Å². The van der Waals surface area contributed by atoms with Crippen LogP contribution in [0.15, 0.2) is 41.3 Å². The molecule has 1 saturated heterocycles. The standard InChI is InChI=1S/C21H23ClN2O5S/c22-18-11-15(12-19-20(18)29-10-4-9-28-19)14-23-21(25)16-5-3-6-17(13-16)30(26,27)24-7-1-2-8-24/h3,5-6,11-13H,1-2,4,7-10,14H2,(H,23,25). The maximum Gasteiger partial charge on any atom is 0.251 e. The Bertz CT molecular complexity index is 1050. The first-order chi connectivity index (χ1) is 14.4. The van der Waals surface area contributed by atoms with E-state index in [2.05, 4.69) is 5.32 Å². The van der Waals surface area contributed by atoms with E-state index in [1.165, 1.54) is 16.4 Å². The molecule has 2 aliphatic heterocycles. The lowest BCUT2D eigenvalue weighted by molar-refractivity contribution is 0.0950. The van der Waals surface area contributed by atoms with Gasteiger partial charge in [-0.15, -0.1) is 0 Å². The summed E-state index contributed by atoms with van der Waals surface area (Å²) in [5.41, 5.74) is 1.05. The molecular weight excluding hydrogens is 428 g/mol. The Morgan fingerprint density at radius 2 is 1.83 bits per heavy atom. The van der Waals surface area contributed by atoms with Crippen molar-refractivity contribution in [3.8, 4) is 11.5 Å². The number of rotatable bonds is 5. The van der Waals surface area contributed by atoms with Gasteiger partial charge in [0.05, 0.1) is 23.1 Å². The smallest absolute Gasteiger partial charge is 0.251 e. The maximum absolute atomic E-state index is 12.7. The van der Waals surface area contributed by atoms with Crippen molar-refractivity contribution >= 4 is 27.5 Å². The Kier molecular flexibility index (Phi) is 6.17. The van der Waals surface area contributed by atoms with Crippen LogP contribution in [-0.2, 0) is 16.6 Å². The number of sulfonamides is 1. The second-order valence-electron chi connectivity index (χ2n) is 7.28. The molecule has 160 valence electrons. The largest absolute Gasteiger partial charge is 0.489 e. The molecule has 1 N–H and O–H groups in total. The molecule has 0 atom stereocenters. The fourth-order valence-electron chi connectivity index (χ4n) is 3.55. The Morgan fingerprint density at radius 3 is 2.63 bits per heavy atom. The average molecular weight is 451 g/mol. The summed E-state index contributed by atoms with van der Waals surface area (Å²) in [5, 5.41) is 3.24. The van der Waals surface area contributed by atoms with Crippen molar-refractivity contribution in [2.45, 2.75) is 30.7 Å². The monoisotopic (exact) mass is 450 g/mol. The van der Waals surface area contributed by atoms with Gasteiger partial charge in [0.25, 0.3) is 5.91 Å². The molecule has 4 rings (SSSR count). The molecule has 9 heteroatoms. The number of halogens is 1. The van der Waals surface area contributed by atoms with Crippen molar-refractivity contribution in [1.29, 1.82) is 0 Å². The van der Waals surface area contributed by atoms with E-state index < -0.39 is 10.0 Å². The first-order valence-electron chi connectivity index (χ1n) is 9.91. The molecule has 0 spiro atoms. The summed E-state index contributed by atoms with van der Waals surface area (Å²) in [7, 11) is -3.58. The van der Waals surface area contributed by atoms with Gasteiger partial charge in [0.1, 0.15) is 0 Å². The summed E-state index contributed by atoms with van der Waals surface area (Å²) in [4.78, 5) is 12.8. The summed E-state index contributed by atoms with van der Waals surface area (Å²) in [6.07, 6.45) is 2.49. The number of carbonyl (C=O) groups is 1. The van der Waals surface area contributed by atoms with Crippen molar-refractivity contribution in [3.63, 3.8) is 0 Å². The number of fused-ring (bicyclic) bond motifs is 1. The van der Waals surface area contributed by atoms with Gasteiger partial charge in [0.15, 0.2) is 11.5 Å². The van der Waals surface area contributed by atoms with Gasteiger partial charge >= 0.3 is 0 Å². The van der Waals surface area contributed by atoms with Crippen LogP contribution in [0.25, 0.3) is 0 Å². The molecule has 0 unspecified atom stereocenters. The second-order valence-corrected chi connectivity index (χ2v) is 9.62. The highest BCUT2D eigenvalue weighted by atomic mass is 35.5. The Balaban J connectivity index is 1.47. The van der Waals surface area contributed by atoms with Gasteiger partial charge in [-0.3, -0.25) is 4.79 Å². The third kappa shape index (κ3) is 4.40. The van der Waals surface area contributed by atoms with Gasteiger partial charge in [-0.25, -0.2) is 8.42 Å². The van der Waals surface area contributed by atoms with E-state index in [1.54, 1.807) is 24.3 Å². The number of hydrogen-bond acceptors (Lipinski definition) is 5. The van der Waals surface area contributed by atoms with Crippen molar-refractivity contribution in [3.05, 3.63) is 52.5 Å². The van der Waals surface area contributed by atoms with Crippen LogP contribution in [-0.4, -0.2) is 44.9 Å². The SMILES string of the molecule is O=C(NCc1cc(Cl)c2c(c1)OCCCO2)c1cccc(S(=O)(=O)N2CCCC2)c1. The zero-order chi connectivity index (χ0) is 21.1. The van der Waals surface area contributed by atoms with E-state index in [0.717, 1.165) is 24.8 Å². The molecule has 2 aromatic carbocycles. The van der Waals surface area contributed by atoms with Gasteiger partial charge in [0.2, 0.25) is 10.0 Å². The number of ether oxygens (including phenoxy) is 2. The lowest BCUT2D eigenvalue weighted by Crippen LogP contribution is -2.28. The van der Waals surface area contributed by atoms with E-state index in [1.807, 2.05) is 0 Å². The van der Waals surface area contributed by atoms with Crippen LogP contribution < -0.4 is 14.8 Å². The third-order valence-corrected chi connectivity index (χ3v) is 7.29. The van der Waals surface area contributed by atoms with Gasteiger partial charge in [-0.1, -0.05) is 17.7 Å². The minimum atomic E-state index is -3.58. The van der Waals surface area contributed by atoms with Crippen LogP contribution in [0.5, 0.6) is 11.5 Å². The summed E-state index contributed by atoms with van der Waals surface area (Å²) >= 11 is 6.30. The third-order valence-electron chi connectivity index (χ3n) is 5.11. The quantitative estimate of drug-likeness (QED) is 0.756. The van der Waals surface area contributed by atoms with E-state index >= 15 is 0 Å². The highest BCUT2D eigenvalue weighted by Gasteiger charge is 2.27. The van der Waals surface area contributed by atoms with E-state index in [4.69, 9.17) is 21.1 Å². The predicted octanol–water partition coefficient (Wildman–Crippen LogP) is 3.22. The lowest BCUT2D eigenvalue weighted by atomic mass is 10.1. The summed E-state index contributed by atoms with van der Waals surface area (Å²) < 4.78 is 38.2. The minimum Gasteiger partial charge on any atom is -0.489 e. The van der Waals surface area contributed by atoms with Gasteiger partial charge in [0, 0.05) is 31.6 Å². The van der Waals surface area contributed by atoms with E-state index in [9.17, 15) is 13.2 Å². The highest BCUT2D eigenvalue weighted by molar-refractivity contribution is 7.89. The first-order valence-corrected chi connectivity index (χ1v) is 11.7. The maximum atomic E-state index is 12.7. The van der Waals surface area contributed by atoms with E-state index in [-0.39, 0.29) is 22.9 Å². The summed E-state index contributed by atoms with van der Waals surface area (Å²) in [5.74, 6) is 0.712. The molecule has 7 nitrogen and oxygen atoms in total. The van der Waals surface area contributed by atoms with Crippen LogP contribution in [0, 0.1) is 0 Å². The molecule has 0 saturated carbocycles. The molecule has 0 radical (unpaired) electrons. The van der Waals surface area contributed by atoms with Crippen LogP contribution in [0.3, 0.4) is 0 Å². The molecule has 0 aliphatic carbocycles. The highest BCUT2D eigenvalue weighted by Crippen LogP contribution is 2.38. The van der Waals surface area contributed by atoms with Crippen LogP contribution in [0.1, 0.15) is 35.2 Å². The molecule has 30 heavy (non-hydrogen) atoms. The first kappa shape index (κ1) is 21.0.